The summed E-state index contributed by atoms with van der Waals surface area (Å²) in [5.74, 6) is 2.39. The number of aliphatic hydroxyl groups is 1. The van der Waals surface area contributed by atoms with Gasteiger partial charge in [-0.2, -0.15) is 0 Å². The van der Waals surface area contributed by atoms with E-state index in [2.05, 4.69) is 42.8 Å². The van der Waals surface area contributed by atoms with Crippen LogP contribution in [0.2, 0.25) is 0 Å². The van der Waals surface area contributed by atoms with Crippen molar-refractivity contribution < 1.29 is 5.11 Å². The molecule has 0 spiro atoms. The lowest BCUT2D eigenvalue weighted by Gasteiger charge is -2.48. The molecule has 0 aliphatic heterocycles. The Balaban J connectivity index is 1.69. The predicted molar refractivity (Wildman–Crippen MR) is 94.1 cm³/mol. The molecule has 1 heterocycles. The highest BCUT2D eigenvalue weighted by Gasteiger charge is 2.43. The molecular formula is C21H25NO. The van der Waals surface area contributed by atoms with Crippen molar-refractivity contribution in [3.8, 4) is 0 Å². The molecule has 0 radical (unpaired) electrons. The van der Waals surface area contributed by atoms with E-state index in [1.54, 1.807) is 0 Å². The average Bonchev–Trinajstić information content (AvgIpc) is 2.60. The van der Waals surface area contributed by atoms with E-state index >= 15 is 0 Å². The summed E-state index contributed by atoms with van der Waals surface area (Å²) in [6, 6.07) is 8.32. The van der Waals surface area contributed by atoms with Crippen molar-refractivity contribution in [1.29, 1.82) is 0 Å². The predicted octanol–water partition coefficient (Wildman–Crippen LogP) is 4.82. The van der Waals surface area contributed by atoms with Crippen LogP contribution in [-0.4, -0.2) is 10.1 Å². The summed E-state index contributed by atoms with van der Waals surface area (Å²) < 4.78 is 0. The molecule has 5 atom stereocenters. The normalized spacial score (nSPS) is 31.2. The molecule has 3 aliphatic rings. The third-order valence-corrected chi connectivity index (χ3v) is 6.23. The minimum atomic E-state index is -0.374. The van der Waals surface area contributed by atoms with Crippen LogP contribution in [0.25, 0.3) is 10.9 Å². The largest absolute Gasteiger partial charge is 0.388 e. The zero-order valence-electron chi connectivity index (χ0n) is 13.8. The minimum absolute atomic E-state index is 0.374. The van der Waals surface area contributed by atoms with E-state index in [0.29, 0.717) is 23.7 Å². The van der Waals surface area contributed by atoms with Gasteiger partial charge in [0.1, 0.15) is 0 Å². The van der Waals surface area contributed by atoms with Crippen molar-refractivity contribution in [2.75, 3.05) is 0 Å². The fraction of sp³-hybridized carbons (Fsp3) is 0.476. The van der Waals surface area contributed by atoms with Crippen molar-refractivity contribution in [3.63, 3.8) is 0 Å². The number of allylic oxidation sites excluding steroid dienone is 1. The molecule has 5 rings (SSSR count). The number of nitrogens with zero attached hydrogens (tertiary/aromatic N) is 1. The van der Waals surface area contributed by atoms with Crippen LogP contribution in [0, 0.1) is 30.6 Å². The van der Waals surface area contributed by atoms with E-state index < -0.39 is 0 Å². The van der Waals surface area contributed by atoms with Crippen molar-refractivity contribution in [2.24, 2.45) is 23.7 Å². The van der Waals surface area contributed by atoms with Crippen LogP contribution in [0.15, 0.2) is 43.1 Å². The summed E-state index contributed by atoms with van der Waals surface area (Å²) in [6.45, 7) is 6.11. The number of hydrogen-bond acceptors (Lipinski definition) is 2. The third-order valence-electron chi connectivity index (χ3n) is 6.23. The third kappa shape index (κ3) is 2.49. The van der Waals surface area contributed by atoms with Gasteiger partial charge >= 0.3 is 0 Å². The molecule has 0 saturated heterocycles. The van der Waals surface area contributed by atoms with Crippen LogP contribution in [0.5, 0.6) is 0 Å². The molecule has 4 unspecified atom stereocenters. The summed E-state index contributed by atoms with van der Waals surface area (Å²) in [6.07, 6.45) is 8.52. The summed E-state index contributed by atoms with van der Waals surface area (Å²) in [7, 11) is 0. The second-order valence-corrected chi connectivity index (χ2v) is 7.50. The van der Waals surface area contributed by atoms with E-state index in [0.717, 1.165) is 22.9 Å². The lowest BCUT2D eigenvalue weighted by Crippen LogP contribution is -2.39. The Bertz CT molecular complexity index is 738. The molecular weight excluding hydrogens is 282 g/mol. The Labute approximate surface area is 138 Å². The Morgan fingerprint density at radius 2 is 2.04 bits per heavy atom. The van der Waals surface area contributed by atoms with Crippen LogP contribution in [0.3, 0.4) is 0 Å². The molecule has 2 heteroatoms. The Morgan fingerprint density at radius 1 is 1.22 bits per heavy atom. The zero-order valence-corrected chi connectivity index (χ0v) is 13.8. The smallest absolute Gasteiger partial charge is 0.0828 e. The average molecular weight is 307 g/mol. The van der Waals surface area contributed by atoms with E-state index in [9.17, 15) is 5.11 Å². The standard InChI is InChI=1S/C21H25NO/c1-3-14-11-16-6-5-15(14)12-18(16)21(23)17-8-9-22-20-7-4-13(2)10-19(17)20/h3-4,7-10,14-16,18,21,23H,1,5-6,11-12H2,2H3/t14?,15?,16?,18?,21-/m1/s1. The first-order valence-electron chi connectivity index (χ1n) is 8.83. The number of aromatic nitrogens is 1. The van der Waals surface area contributed by atoms with Crippen LogP contribution in [-0.2, 0) is 0 Å². The highest BCUT2D eigenvalue weighted by molar-refractivity contribution is 5.83. The molecule has 2 aromatic rings. The van der Waals surface area contributed by atoms with Gasteiger partial charge in [0.05, 0.1) is 11.6 Å². The monoisotopic (exact) mass is 307 g/mol. The molecule has 3 fully saturated rings. The summed E-state index contributed by atoms with van der Waals surface area (Å²) in [5, 5.41) is 12.3. The van der Waals surface area contributed by atoms with Crippen LogP contribution < -0.4 is 0 Å². The summed E-state index contributed by atoms with van der Waals surface area (Å²) in [5.41, 5.74) is 3.26. The highest BCUT2D eigenvalue weighted by atomic mass is 16.3. The second kappa shape index (κ2) is 5.76. The van der Waals surface area contributed by atoms with Gasteiger partial charge in [-0.25, -0.2) is 0 Å². The second-order valence-electron chi connectivity index (χ2n) is 7.50. The first-order chi connectivity index (χ1) is 11.2. The number of benzene rings is 1. The van der Waals surface area contributed by atoms with Crippen LogP contribution in [0.1, 0.15) is 42.9 Å². The first kappa shape index (κ1) is 14.9. The molecule has 120 valence electrons. The summed E-state index contributed by atoms with van der Waals surface area (Å²) >= 11 is 0. The van der Waals surface area contributed by atoms with Crippen LogP contribution in [0.4, 0.5) is 0 Å². The molecule has 3 saturated carbocycles. The van der Waals surface area contributed by atoms with Gasteiger partial charge in [0, 0.05) is 11.6 Å². The zero-order chi connectivity index (χ0) is 16.0. The highest BCUT2D eigenvalue weighted by Crippen LogP contribution is 2.52. The Hall–Kier alpha value is -1.67. The summed E-state index contributed by atoms with van der Waals surface area (Å²) in [4.78, 5) is 4.46. The van der Waals surface area contributed by atoms with E-state index in [1.165, 1.54) is 24.8 Å². The first-order valence-corrected chi connectivity index (χ1v) is 8.83. The maximum atomic E-state index is 11.2. The molecule has 3 aliphatic carbocycles. The quantitative estimate of drug-likeness (QED) is 0.825. The van der Waals surface area contributed by atoms with E-state index in [4.69, 9.17) is 0 Å². The fourth-order valence-electron chi connectivity index (χ4n) is 4.97. The fourth-order valence-corrected chi connectivity index (χ4v) is 4.97. The van der Waals surface area contributed by atoms with E-state index in [-0.39, 0.29) is 6.10 Å². The molecule has 2 nitrogen and oxygen atoms in total. The molecule has 0 amide bonds. The number of rotatable bonds is 3. The molecule has 1 aromatic carbocycles. The lowest BCUT2D eigenvalue weighted by atomic mass is 9.58. The number of aryl methyl sites for hydroxylation is 1. The lowest BCUT2D eigenvalue weighted by molar-refractivity contribution is -0.0217. The van der Waals surface area contributed by atoms with Gasteiger partial charge in [-0.3, -0.25) is 4.98 Å². The maximum Gasteiger partial charge on any atom is 0.0828 e. The van der Waals surface area contributed by atoms with Gasteiger partial charge in [-0.15, -0.1) is 6.58 Å². The maximum absolute atomic E-state index is 11.2. The molecule has 23 heavy (non-hydrogen) atoms. The number of aliphatic hydroxyl groups excluding tert-OH is 1. The Morgan fingerprint density at radius 3 is 2.78 bits per heavy atom. The van der Waals surface area contributed by atoms with Gasteiger partial charge in [0.25, 0.3) is 0 Å². The van der Waals surface area contributed by atoms with Crippen molar-refractivity contribution in [3.05, 3.63) is 54.2 Å². The van der Waals surface area contributed by atoms with Crippen LogP contribution >= 0.6 is 0 Å². The molecule has 1 aromatic heterocycles. The number of fused-ring (bicyclic) bond motifs is 4. The molecule has 2 bridgehead atoms. The van der Waals surface area contributed by atoms with Crippen molar-refractivity contribution in [2.45, 2.75) is 38.7 Å². The van der Waals surface area contributed by atoms with Gasteiger partial charge in [0.15, 0.2) is 0 Å². The molecule has 1 N–H and O–H groups in total. The van der Waals surface area contributed by atoms with Gasteiger partial charge in [-0.1, -0.05) is 17.7 Å². The number of hydrogen-bond donors (Lipinski definition) is 1. The number of pyridine rings is 1. The topological polar surface area (TPSA) is 33.1 Å². The van der Waals surface area contributed by atoms with E-state index in [1.807, 2.05) is 12.3 Å². The van der Waals surface area contributed by atoms with Crippen molar-refractivity contribution in [1.82, 2.24) is 4.98 Å². The van der Waals surface area contributed by atoms with Crippen molar-refractivity contribution >= 4 is 10.9 Å². The van der Waals surface area contributed by atoms with Gasteiger partial charge in [0.2, 0.25) is 0 Å². The Kier molecular flexibility index (Phi) is 3.73. The minimum Gasteiger partial charge on any atom is -0.388 e. The van der Waals surface area contributed by atoms with Gasteiger partial charge in [-0.05, 0) is 80.0 Å². The SMILES string of the molecule is C=CC1CC2CCC1CC2[C@H](O)c1ccnc2ccc(C)cc12. The van der Waals surface area contributed by atoms with Gasteiger partial charge < -0.3 is 5.11 Å².